The lowest BCUT2D eigenvalue weighted by Crippen LogP contribution is -2.58. The number of amides is 1. The molecular formula is C28H36BrF2N5O4. The molecular weight excluding hydrogens is 588 g/mol. The third-order valence-corrected chi connectivity index (χ3v) is 8.42. The van der Waals surface area contributed by atoms with Gasteiger partial charge in [0.25, 0.3) is 0 Å². The lowest BCUT2D eigenvalue weighted by atomic mass is 9.94. The van der Waals surface area contributed by atoms with Gasteiger partial charge >= 0.3 is 12.1 Å². The monoisotopic (exact) mass is 623 g/mol. The molecule has 2 atom stereocenters. The number of fused-ring (bicyclic) bond motifs is 2. The molecule has 0 N–H and O–H groups in total. The van der Waals surface area contributed by atoms with E-state index in [2.05, 4.69) is 25.8 Å². The second-order valence-electron chi connectivity index (χ2n) is 11.8. The Morgan fingerprint density at radius 2 is 2.05 bits per heavy atom. The van der Waals surface area contributed by atoms with Crippen LogP contribution in [0.25, 0.3) is 10.9 Å². The molecule has 9 nitrogen and oxygen atoms in total. The molecule has 0 aliphatic carbocycles. The molecule has 3 aliphatic rings. The minimum atomic E-state index is -0.625. The Morgan fingerprint density at radius 3 is 2.77 bits per heavy atom. The van der Waals surface area contributed by atoms with E-state index in [1.54, 1.807) is 24.1 Å². The van der Waals surface area contributed by atoms with E-state index in [4.69, 9.17) is 19.2 Å². The Bertz CT molecular complexity index is 1310. The average molecular weight is 625 g/mol. The van der Waals surface area contributed by atoms with E-state index in [9.17, 15) is 9.18 Å². The van der Waals surface area contributed by atoms with Crippen molar-refractivity contribution in [3.05, 3.63) is 34.3 Å². The number of anilines is 1. The summed E-state index contributed by atoms with van der Waals surface area (Å²) in [5.74, 6) is 0.0175. The summed E-state index contributed by atoms with van der Waals surface area (Å²) in [6, 6.07) is 3.17. The van der Waals surface area contributed by atoms with Crippen LogP contribution in [-0.4, -0.2) is 96.1 Å². The van der Waals surface area contributed by atoms with Gasteiger partial charge in [0.15, 0.2) is 5.82 Å². The van der Waals surface area contributed by atoms with E-state index in [0.29, 0.717) is 56.7 Å². The second-order valence-corrected chi connectivity index (χ2v) is 12.7. The van der Waals surface area contributed by atoms with Crippen molar-refractivity contribution in [1.82, 2.24) is 19.8 Å². The summed E-state index contributed by atoms with van der Waals surface area (Å²) in [5.41, 5.74) is -0.0379. The minimum absolute atomic E-state index is 0.0660. The number of carbonyl (C=O) groups is 1. The molecule has 4 heterocycles. The molecule has 3 fully saturated rings. The van der Waals surface area contributed by atoms with Crippen LogP contribution in [0, 0.1) is 5.82 Å². The molecule has 2 unspecified atom stereocenters. The summed E-state index contributed by atoms with van der Waals surface area (Å²) in [6.07, 6.45) is 2.78. The number of hydrogen-bond acceptors (Lipinski definition) is 8. The summed E-state index contributed by atoms with van der Waals surface area (Å²) in [7, 11) is 1.59. The minimum Gasteiger partial charge on any atom is -0.461 e. The normalized spacial score (nSPS) is 24.7. The number of hydrogen-bond donors (Lipinski definition) is 0. The summed E-state index contributed by atoms with van der Waals surface area (Å²) < 4.78 is 46.2. The molecule has 1 aromatic heterocycles. The first-order valence-corrected chi connectivity index (χ1v) is 14.4. The molecule has 1 aromatic carbocycles. The van der Waals surface area contributed by atoms with Crippen molar-refractivity contribution in [2.24, 2.45) is 0 Å². The third kappa shape index (κ3) is 5.75. The van der Waals surface area contributed by atoms with Gasteiger partial charge in [-0.05, 0) is 80.2 Å². The van der Waals surface area contributed by atoms with Crippen LogP contribution in [-0.2, 0) is 9.47 Å². The molecule has 5 rings (SSSR count). The van der Waals surface area contributed by atoms with E-state index in [1.165, 1.54) is 0 Å². The van der Waals surface area contributed by atoms with Crippen LogP contribution < -0.4 is 9.64 Å². The standard InChI is InChI=1S/C28H36BrF2N5O4/c1-27(2,3)40-26(37)36-11-10-34(15-19(36)16-38-4)24-20-6-7-21(29)22(31)23(20)32-25(33-24)39-17-28-8-5-9-35(28)14-18(12-28)13-30/h6-7,13,19H,5,8-12,14-17H2,1-4H3/b18-13+. The molecule has 40 heavy (non-hydrogen) atoms. The predicted molar refractivity (Wildman–Crippen MR) is 151 cm³/mol. The number of nitrogens with zero attached hydrogens (tertiary/aromatic N) is 5. The SMILES string of the molecule is COCC1CN(c2nc(OCC34CCCN3C/C(=C/F)C4)nc3c(F)c(Br)ccc23)CCN1C(=O)OC(C)(C)C. The molecule has 3 aliphatic heterocycles. The van der Waals surface area contributed by atoms with Crippen molar-refractivity contribution in [3.63, 3.8) is 0 Å². The smallest absolute Gasteiger partial charge is 0.410 e. The zero-order valence-corrected chi connectivity index (χ0v) is 25.0. The van der Waals surface area contributed by atoms with Crippen LogP contribution in [0.1, 0.15) is 40.0 Å². The van der Waals surface area contributed by atoms with Crippen molar-refractivity contribution >= 4 is 38.7 Å². The van der Waals surface area contributed by atoms with Gasteiger partial charge in [-0.15, -0.1) is 0 Å². The Morgan fingerprint density at radius 1 is 1.25 bits per heavy atom. The molecule has 3 saturated heterocycles. The van der Waals surface area contributed by atoms with Gasteiger partial charge in [0.05, 0.1) is 29.0 Å². The van der Waals surface area contributed by atoms with Crippen molar-refractivity contribution < 1.29 is 27.8 Å². The van der Waals surface area contributed by atoms with Gasteiger partial charge in [-0.3, -0.25) is 9.80 Å². The Kier molecular flexibility index (Phi) is 8.22. The number of ether oxygens (including phenoxy) is 3. The summed E-state index contributed by atoms with van der Waals surface area (Å²) in [5, 5.41) is 0.541. The van der Waals surface area contributed by atoms with Crippen LogP contribution in [0.2, 0.25) is 0 Å². The van der Waals surface area contributed by atoms with E-state index < -0.39 is 17.5 Å². The van der Waals surface area contributed by atoms with E-state index in [-0.39, 0.29) is 34.2 Å². The van der Waals surface area contributed by atoms with Crippen molar-refractivity contribution in [1.29, 1.82) is 0 Å². The average Bonchev–Trinajstić information content (AvgIpc) is 3.46. The first-order chi connectivity index (χ1) is 19.0. The molecule has 1 amide bonds. The van der Waals surface area contributed by atoms with Crippen LogP contribution >= 0.6 is 15.9 Å². The zero-order valence-electron chi connectivity index (χ0n) is 23.4. The highest BCUT2D eigenvalue weighted by molar-refractivity contribution is 9.10. The highest BCUT2D eigenvalue weighted by atomic mass is 79.9. The molecule has 2 aromatic rings. The maximum Gasteiger partial charge on any atom is 0.410 e. The first-order valence-electron chi connectivity index (χ1n) is 13.6. The van der Waals surface area contributed by atoms with E-state index in [1.807, 2.05) is 25.7 Å². The Labute approximate surface area is 241 Å². The Hall–Kier alpha value is -2.57. The van der Waals surface area contributed by atoms with Gasteiger partial charge in [0.1, 0.15) is 23.5 Å². The van der Waals surface area contributed by atoms with E-state index in [0.717, 1.165) is 25.0 Å². The maximum absolute atomic E-state index is 15.3. The summed E-state index contributed by atoms with van der Waals surface area (Å²) in [4.78, 5) is 28.1. The third-order valence-electron chi connectivity index (χ3n) is 7.80. The molecule has 0 spiro atoms. The highest BCUT2D eigenvalue weighted by Crippen LogP contribution is 2.42. The lowest BCUT2D eigenvalue weighted by molar-refractivity contribution is 0.00338. The molecule has 0 saturated carbocycles. The van der Waals surface area contributed by atoms with Crippen LogP contribution in [0.4, 0.5) is 19.4 Å². The van der Waals surface area contributed by atoms with Gasteiger partial charge in [0, 0.05) is 38.7 Å². The van der Waals surface area contributed by atoms with Gasteiger partial charge < -0.3 is 19.1 Å². The van der Waals surface area contributed by atoms with Crippen LogP contribution in [0.5, 0.6) is 6.01 Å². The first kappa shape index (κ1) is 28.9. The zero-order chi connectivity index (χ0) is 28.7. The highest BCUT2D eigenvalue weighted by Gasteiger charge is 2.47. The fourth-order valence-electron chi connectivity index (χ4n) is 6.00. The van der Waals surface area contributed by atoms with Crippen LogP contribution in [0.15, 0.2) is 28.5 Å². The summed E-state index contributed by atoms with van der Waals surface area (Å²) in [6.45, 7) is 8.77. The maximum atomic E-state index is 15.3. The van der Waals surface area contributed by atoms with Crippen LogP contribution in [0.3, 0.4) is 0 Å². The topological polar surface area (TPSA) is 80.3 Å². The fourth-order valence-corrected chi connectivity index (χ4v) is 6.32. The van der Waals surface area contributed by atoms with Gasteiger partial charge in [-0.2, -0.15) is 9.97 Å². The number of halogens is 3. The van der Waals surface area contributed by atoms with Crippen molar-refractivity contribution in [2.75, 3.05) is 57.9 Å². The summed E-state index contributed by atoms with van der Waals surface area (Å²) >= 11 is 3.27. The number of aromatic nitrogens is 2. The number of piperazine rings is 1. The molecule has 12 heteroatoms. The lowest BCUT2D eigenvalue weighted by Gasteiger charge is -2.42. The largest absolute Gasteiger partial charge is 0.461 e. The van der Waals surface area contributed by atoms with Gasteiger partial charge in [-0.1, -0.05) is 0 Å². The fraction of sp³-hybridized carbons (Fsp3) is 0.607. The number of rotatable bonds is 6. The number of carbonyl (C=O) groups excluding carboxylic acids is 1. The molecule has 218 valence electrons. The number of benzene rings is 1. The molecule has 0 bridgehead atoms. The quantitative estimate of drug-likeness (QED) is 0.441. The van der Waals surface area contributed by atoms with Gasteiger partial charge in [-0.25, -0.2) is 13.6 Å². The number of methoxy groups -OCH3 is 1. The van der Waals surface area contributed by atoms with E-state index >= 15 is 4.39 Å². The van der Waals surface area contributed by atoms with Gasteiger partial charge in [0.2, 0.25) is 0 Å². The van der Waals surface area contributed by atoms with Crippen molar-refractivity contribution in [3.8, 4) is 6.01 Å². The predicted octanol–water partition coefficient (Wildman–Crippen LogP) is 5.07. The molecule has 0 radical (unpaired) electrons. The second kappa shape index (κ2) is 11.4. The van der Waals surface area contributed by atoms with Crippen molar-refractivity contribution in [2.45, 2.75) is 57.2 Å². The Balaban J connectivity index is 1.44.